The van der Waals surface area contributed by atoms with Gasteiger partial charge in [-0.25, -0.2) is 13.1 Å². The number of hydrogen-bond donors (Lipinski definition) is 2. The monoisotopic (exact) mass is 313 g/mol. The second-order valence-electron chi connectivity index (χ2n) is 6.74. The molecule has 1 unspecified atom stereocenters. The molecule has 0 amide bonds. The molecule has 21 heavy (non-hydrogen) atoms. The summed E-state index contributed by atoms with van der Waals surface area (Å²) in [6, 6.07) is 1.71. The van der Waals surface area contributed by atoms with Crippen molar-refractivity contribution in [2.45, 2.75) is 70.5 Å². The Hall–Kier alpha value is -0.850. The molecular formula is C15H27N3O2S. The van der Waals surface area contributed by atoms with Gasteiger partial charge in [-0.15, -0.1) is 0 Å². The van der Waals surface area contributed by atoms with Crippen LogP contribution in [0, 0.1) is 5.41 Å². The number of aryl methyl sites for hydroxylation is 1. The van der Waals surface area contributed by atoms with Crippen molar-refractivity contribution in [1.29, 1.82) is 0 Å². The minimum Gasteiger partial charge on any atom is -0.349 e. The maximum Gasteiger partial charge on any atom is 0.242 e. The number of rotatable bonds is 5. The van der Waals surface area contributed by atoms with Crippen LogP contribution in [0.5, 0.6) is 0 Å². The van der Waals surface area contributed by atoms with E-state index in [9.17, 15) is 8.42 Å². The summed E-state index contributed by atoms with van der Waals surface area (Å²) >= 11 is 0. The van der Waals surface area contributed by atoms with Gasteiger partial charge >= 0.3 is 0 Å². The topological polar surface area (TPSA) is 77.1 Å². The van der Waals surface area contributed by atoms with Crippen molar-refractivity contribution in [2.24, 2.45) is 11.1 Å². The van der Waals surface area contributed by atoms with Gasteiger partial charge in [-0.1, -0.05) is 20.3 Å². The summed E-state index contributed by atoms with van der Waals surface area (Å²) < 4.78 is 29.8. The Bertz CT molecular complexity index is 569. The molecule has 1 aromatic heterocycles. The highest BCUT2D eigenvalue weighted by Crippen LogP contribution is 2.35. The Balaban J connectivity index is 2.16. The molecule has 1 heterocycles. The molecule has 1 aromatic rings. The molecule has 5 nitrogen and oxygen atoms in total. The van der Waals surface area contributed by atoms with Crippen LogP contribution in [0.4, 0.5) is 0 Å². The summed E-state index contributed by atoms with van der Waals surface area (Å²) in [5, 5.41) is 0. The van der Waals surface area contributed by atoms with Crippen LogP contribution < -0.4 is 10.5 Å². The predicted octanol–water partition coefficient (Wildman–Crippen LogP) is 2.21. The highest BCUT2D eigenvalue weighted by Gasteiger charge is 2.31. The maximum absolute atomic E-state index is 12.5. The third kappa shape index (κ3) is 3.87. The van der Waals surface area contributed by atoms with Gasteiger partial charge in [-0.2, -0.15) is 0 Å². The molecule has 1 aliphatic rings. The third-order valence-electron chi connectivity index (χ3n) is 4.35. The van der Waals surface area contributed by atoms with Crippen molar-refractivity contribution in [3.05, 3.63) is 18.0 Å². The normalized spacial score (nSPS) is 22.4. The number of nitrogens with one attached hydrogen (secondary N) is 1. The van der Waals surface area contributed by atoms with Crippen molar-refractivity contribution < 1.29 is 8.42 Å². The van der Waals surface area contributed by atoms with Crippen molar-refractivity contribution in [1.82, 2.24) is 9.29 Å². The highest BCUT2D eigenvalue weighted by molar-refractivity contribution is 7.89. The Morgan fingerprint density at radius 3 is 2.71 bits per heavy atom. The fourth-order valence-corrected chi connectivity index (χ4v) is 4.56. The Morgan fingerprint density at radius 2 is 2.19 bits per heavy atom. The molecular weight excluding hydrogens is 286 g/mol. The van der Waals surface area contributed by atoms with E-state index in [2.05, 4.69) is 18.6 Å². The SMILES string of the molecule is CCn1cc(S(=O)(=O)NC2CCCC(C)(C)C2)cc1CN. The average molecular weight is 313 g/mol. The summed E-state index contributed by atoms with van der Waals surface area (Å²) in [6.07, 6.45) is 5.73. The standard InChI is InChI=1S/C15H27N3O2S/c1-4-18-11-14(8-13(18)10-16)21(19,20)17-12-6-5-7-15(2,3)9-12/h8,11-12,17H,4-7,9-10,16H2,1-3H3. The minimum atomic E-state index is -3.46. The van der Waals surface area contributed by atoms with Crippen molar-refractivity contribution in [3.8, 4) is 0 Å². The molecule has 0 spiro atoms. The molecule has 120 valence electrons. The van der Waals surface area contributed by atoms with E-state index in [4.69, 9.17) is 5.73 Å². The molecule has 0 aromatic carbocycles. The lowest BCUT2D eigenvalue weighted by Crippen LogP contribution is -2.40. The summed E-state index contributed by atoms with van der Waals surface area (Å²) in [4.78, 5) is 0.327. The zero-order valence-corrected chi connectivity index (χ0v) is 14.0. The molecule has 0 radical (unpaired) electrons. The molecule has 6 heteroatoms. The first-order valence-electron chi connectivity index (χ1n) is 7.69. The summed E-state index contributed by atoms with van der Waals surface area (Å²) in [5.41, 5.74) is 6.73. The first-order valence-corrected chi connectivity index (χ1v) is 9.17. The second-order valence-corrected chi connectivity index (χ2v) is 8.45. The minimum absolute atomic E-state index is 0.0325. The third-order valence-corrected chi connectivity index (χ3v) is 5.84. The van der Waals surface area contributed by atoms with Crippen LogP contribution in [0.15, 0.2) is 17.2 Å². The fraction of sp³-hybridized carbons (Fsp3) is 0.733. The van der Waals surface area contributed by atoms with Gasteiger partial charge in [0.05, 0.1) is 4.90 Å². The van der Waals surface area contributed by atoms with Crippen molar-refractivity contribution in [3.63, 3.8) is 0 Å². The van der Waals surface area contributed by atoms with E-state index in [1.807, 2.05) is 11.5 Å². The van der Waals surface area contributed by atoms with Crippen LogP contribution in [0.3, 0.4) is 0 Å². The van der Waals surface area contributed by atoms with E-state index in [-0.39, 0.29) is 11.5 Å². The van der Waals surface area contributed by atoms with Gasteiger partial charge in [-0.05, 0) is 37.7 Å². The molecule has 0 bridgehead atoms. The molecule has 1 fully saturated rings. The first-order chi connectivity index (χ1) is 9.77. The summed E-state index contributed by atoms with van der Waals surface area (Å²) in [6.45, 7) is 7.45. The van der Waals surface area contributed by atoms with Crippen LogP contribution >= 0.6 is 0 Å². The number of sulfonamides is 1. The van der Waals surface area contributed by atoms with Gasteiger partial charge in [0.15, 0.2) is 0 Å². The number of hydrogen-bond acceptors (Lipinski definition) is 3. The van der Waals surface area contributed by atoms with Crippen molar-refractivity contribution in [2.75, 3.05) is 0 Å². The van der Waals surface area contributed by atoms with Crippen LogP contribution in [0.1, 0.15) is 52.1 Å². The Morgan fingerprint density at radius 1 is 1.48 bits per heavy atom. The van der Waals surface area contributed by atoms with Gasteiger partial charge in [0.25, 0.3) is 0 Å². The van der Waals surface area contributed by atoms with E-state index in [0.29, 0.717) is 11.4 Å². The van der Waals surface area contributed by atoms with Crippen LogP contribution in [-0.2, 0) is 23.1 Å². The van der Waals surface area contributed by atoms with E-state index < -0.39 is 10.0 Å². The largest absolute Gasteiger partial charge is 0.349 e. The van der Waals surface area contributed by atoms with Gasteiger partial charge in [0.1, 0.15) is 0 Å². The van der Waals surface area contributed by atoms with E-state index in [0.717, 1.165) is 37.9 Å². The summed E-state index contributed by atoms with van der Waals surface area (Å²) in [5.74, 6) is 0. The van der Waals surface area contributed by atoms with Gasteiger partial charge < -0.3 is 10.3 Å². The number of aromatic nitrogens is 1. The predicted molar refractivity (Wildman–Crippen MR) is 84.4 cm³/mol. The maximum atomic E-state index is 12.5. The molecule has 2 rings (SSSR count). The quantitative estimate of drug-likeness (QED) is 0.875. The van der Waals surface area contributed by atoms with Gasteiger partial charge in [-0.3, -0.25) is 0 Å². The lowest BCUT2D eigenvalue weighted by molar-refractivity contribution is 0.212. The van der Waals surface area contributed by atoms with Crippen molar-refractivity contribution >= 4 is 10.0 Å². The van der Waals surface area contributed by atoms with Crippen LogP contribution in [-0.4, -0.2) is 19.0 Å². The Labute approximate surface area is 128 Å². The second kappa shape index (κ2) is 6.10. The lowest BCUT2D eigenvalue weighted by atomic mass is 9.75. The van der Waals surface area contributed by atoms with E-state index >= 15 is 0 Å². The average Bonchev–Trinajstić information content (AvgIpc) is 2.80. The van der Waals surface area contributed by atoms with Gasteiger partial charge in [0, 0.05) is 31.0 Å². The molecule has 3 N–H and O–H groups in total. The van der Waals surface area contributed by atoms with E-state index in [1.165, 1.54) is 0 Å². The zero-order valence-electron chi connectivity index (χ0n) is 13.2. The lowest BCUT2D eigenvalue weighted by Gasteiger charge is -2.35. The number of nitrogens with two attached hydrogens (primary N) is 1. The Kier molecular flexibility index (Phi) is 4.80. The van der Waals surface area contributed by atoms with Crippen LogP contribution in [0.2, 0.25) is 0 Å². The molecule has 1 atom stereocenters. The molecule has 1 aliphatic carbocycles. The van der Waals surface area contributed by atoms with Crippen LogP contribution in [0.25, 0.3) is 0 Å². The number of nitrogens with zero attached hydrogens (tertiary/aromatic N) is 1. The van der Waals surface area contributed by atoms with E-state index in [1.54, 1.807) is 12.3 Å². The molecule has 0 aliphatic heterocycles. The summed E-state index contributed by atoms with van der Waals surface area (Å²) in [7, 11) is -3.46. The van der Waals surface area contributed by atoms with Gasteiger partial charge in [0.2, 0.25) is 10.0 Å². The fourth-order valence-electron chi connectivity index (χ4n) is 3.22. The highest BCUT2D eigenvalue weighted by atomic mass is 32.2. The molecule has 1 saturated carbocycles. The first kappa shape index (κ1) is 16.5. The smallest absolute Gasteiger partial charge is 0.242 e. The molecule has 0 saturated heterocycles. The zero-order chi connectivity index (χ0) is 15.7.